The third-order valence-electron chi connectivity index (χ3n) is 2.62. The number of aromatic carboxylic acids is 1. The molecule has 0 aromatic heterocycles. The van der Waals surface area contributed by atoms with Gasteiger partial charge in [0.25, 0.3) is 0 Å². The number of carbonyl (C=O) groups is 1. The highest BCUT2D eigenvalue weighted by molar-refractivity contribution is 6.44. The molecule has 4 nitrogen and oxygen atoms in total. The molecule has 0 radical (unpaired) electrons. The van der Waals surface area contributed by atoms with Crippen LogP contribution in [0.5, 0.6) is 5.75 Å². The van der Waals surface area contributed by atoms with E-state index in [1.165, 1.54) is 6.08 Å². The van der Waals surface area contributed by atoms with Crippen LogP contribution < -0.4 is 4.65 Å². The SMILES string of the molecule is C=Cc1ccc2c(c1C(=O)O)OB(O)CC2. The summed E-state index contributed by atoms with van der Waals surface area (Å²) in [4.78, 5) is 11.1. The number of carboxylic acid groups (broad SMARTS) is 1. The van der Waals surface area contributed by atoms with Crippen molar-refractivity contribution in [1.82, 2.24) is 0 Å². The van der Waals surface area contributed by atoms with Gasteiger partial charge in [0.2, 0.25) is 0 Å². The number of fused-ring (bicyclic) bond motifs is 1. The van der Waals surface area contributed by atoms with Gasteiger partial charge in [0, 0.05) is 0 Å². The average Bonchev–Trinajstić information content (AvgIpc) is 2.26. The van der Waals surface area contributed by atoms with E-state index >= 15 is 0 Å². The van der Waals surface area contributed by atoms with Crippen LogP contribution >= 0.6 is 0 Å². The van der Waals surface area contributed by atoms with E-state index in [2.05, 4.69) is 6.58 Å². The van der Waals surface area contributed by atoms with E-state index in [1.807, 2.05) is 6.07 Å². The minimum Gasteiger partial charge on any atom is -0.535 e. The Hall–Kier alpha value is -1.75. The van der Waals surface area contributed by atoms with E-state index in [0.717, 1.165) is 5.56 Å². The van der Waals surface area contributed by atoms with Gasteiger partial charge in [0.15, 0.2) is 0 Å². The van der Waals surface area contributed by atoms with Gasteiger partial charge in [-0.1, -0.05) is 24.8 Å². The first kappa shape index (κ1) is 10.8. The highest BCUT2D eigenvalue weighted by Crippen LogP contribution is 2.33. The Bertz CT molecular complexity index is 456. The Morgan fingerprint density at radius 1 is 1.56 bits per heavy atom. The number of hydrogen-bond donors (Lipinski definition) is 2. The maximum absolute atomic E-state index is 11.1. The molecule has 0 saturated heterocycles. The van der Waals surface area contributed by atoms with Crippen LogP contribution in [0.4, 0.5) is 0 Å². The monoisotopic (exact) mass is 218 g/mol. The first-order chi connectivity index (χ1) is 7.63. The van der Waals surface area contributed by atoms with Crippen molar-refractivity contribution < 1.29 is 19.6 Å². The molecular formula is C11H11BO4. The summed E-state index contributed by atoms with van der Waals surface area (Å²) in [5, 5.41) is 18.5. The molecule has 0 amide bonds. The third kappa shape index (κ3) is 1.70. The zero-order valence-corrected chi connectivity index (χ0v) is 8.64. The summed E-state index contributed by atoms with van der Waals surface area (Å²) < 4.78 is 5.19. The van der Waals surface area contributed by atoms with Crippen LogP contribution in [0, 0.1) is 0 Å². The second kappa shape index (κ2) is 4.02. The van der Waals surface area contributed by atoms with Crippen molar-refractivity contribution in [2.24, 2.45) is 0 Å². The quantitative estimate of drug-likeness (QED) is 0.737. The number of aryl methyl sites for hydroxylation is 1. The van der Waals surface area contributed by atoms with Crippen LogP contribution in [-0.4, -0.2) is 23.2 Å². The topological polar surface area (TPSA) is 66.8 Å². The zero-order valence-electron chi connectivity index (χ0n) is 8.64. The Kier molecular flexibility index (Phi) is 2.70. The van der Waals surface area contributed by atoms with Crippen molar-refractivity contribution in [2.45, 2.75) is 12.7 Å². The fourth-order valence-corrected chi connectivity index (χ4v) is 1.84. The molecule has 2 rings (SSSR count). The fraction of sp³-hybridized carbons (Fsp3) is 0.182. The molecule has 1 aromatic carbocycles. The van der Waals surface area contributed by atoms with Crippen molar-refractivity contribution >= 4 is 19.2 Å². The van der Waals surface area contributed by atoms with E-state index in [0.29, 0.717) is 18.3 Å². The second-order valence-corrected chi connectivity index (χ2v) is 3.64. The molecule has 5 heteroatoms. The predicted octanol–water partition coefficient (Wildman–Crippen LogP) is 1.44. The van der Waals surface area contributed by atoms with Gasteiger partial charge in [-0.25, -0.2) is 4.79 Å². The molecule has 2 N–H and O–H groups in total. The summed E-state index contributed by atoms with van der Waals surface area (Å²) in [6.07, 6.45) is 2.57. The third-order valence-corrected chi connectivity index (χ3v) is 2.62. The highest BCUT2D eigenvalue weighted by Gasteiger charge is 2.28. The predicted molar refractivity (Wildman–Crippen MR) is 60.6 cm³/mol. The largest absolute Gasteiger partial charge is 0.535 e. The van der Waals surface area contributed by atoms with E-state index in [-0.39, 0.29) is 11.3 Å². The van der Waals surface area contributed by atoms with E-state index < -0.39 is 13.1 Å². The van der Waals surface area contributed by atoms with Crippen molar-refractivity contribution in [1.29, 1.82) is 0 Å². The maximum atomic E-state index is 11.1. The second-order valence-electron chi connectivity index (χ2n) is 3.64. The number of hydrogen-bond acceptors (Lipinski definition) is 3. The van der Waals surface area contributed by atoms with Crippen LogP contribution in [0.15, 0.2) is 18.7 Å². The summed E-state index contributed by atoms with van der Waals surface area (Å²) in [5.74, 6) is -0.801. The van der Waals surface area contributed by atoms with Crippen LogP contribution in [0.3, 0.4) is 0 Å². The summed E-state index contributed by atoms with van der Waals surface area (Å²) >= 11 is 0. The average molecular weight is 218 g/mol. The van der Waals surface area contributed by atoms with Crippen molar-refractivity contribution in [3.8, 4) is 5.75 Å². The molecule has 1 aromatic rings. The zero-order chi connectivity index (χ0) is 11.7. The molecular weight excluding hydrogens is 207 g/mol. The smallest absolute Gasteiger partial charge is 0.522 e. The van der Waals surface area contributed by atoms with Gasteiger partial charge in [0.05, 0.1) is 0 Å². The first-order valence-electron chi connectivity index (χ1n) is 5.00. The van der Waals surface area contributed by atoms with Crippen molar-refractivity contribution in [3.63, 3.8) is 0 Å². The van der Waals surface area contributed by atoms with Gasteiger partial charge >= 0.3 is 13.1 Å². The highest BCUT2D eigenvalue weighted by atomic mass is 16.5. The number of carboxylic acids is 1. The summed E-state index contributed by atoms with van der Waals surface area (Å²) in [7, 11) is -0.925. The molecule has 1 heterocycles. The van der Waals surface area contributed by atoms with Gasteiger partial charge in [-0.05, 0) is 23.9 Å². The lowest BCUT2D eigenvalue weighted by Crippen LogP contribution is -2.28. The lowest BCUT2D eigenvalue weighted by molar-refractivity contribution is 0.0694. The molecule has 82 valence electrons. The van der Waals surface area contributed by atoms with Crippen LogP contribution in [0.1, 0.15) is 21.5 Å². The van der Waals surface area contributed by atoms with Gasteiger partial charge < -0.3 is 14.8 Å². The first-order valence-corrected chi connectivity index (χ1v) is 5.00. The molecule has 16 heavy (non-hydrogen) atoms. The molecule has 0 bridgehead atoms. The number of benzene rings is 1. The summed E-state index contributed by atoms with van der Waals surface area (Å²) in [5.41, 5.74) is 1.39. The van der Waals surface area contributed by atoms with Gasteiger partial charge in [-0.15, -0.1) is 0 Å². The van der Waals surface area contributed by atoms with Crippen LogP contribution in [0.2, 0.25) is 6.32 Å². The molecule has 0 atom stereocenters. The molecule has 1 aliphatic rings. The lowest BCUT2D eigenvalue weighted by atomic mass is 9.78. The molecule has 0 saturated carbocycles. The van der Waals surface area contributed by atoms with E-state index in [1.54, 1.807) is 6.07 Å². The van der Waals surface area contributed by atoms with Crippen molar-refractivity contribution in [2.75, 3.05) is 0 Å². The minimum atomic E-state index is -1.07. The molecule has 0 spiro atoms. The number of rotatable bonds is 2. The van der Waals surface area contributed by atoms with Crippen LogP contribution in [-0.2, 0) is 6.42 Å². The minimum absolute atomic E-state index is 0.0752. The standard InChI is InChI=1S/C11H11BO4/c1-2-7-3-4-8-5-6-12(15)16-10(8)9(7)11(13)14/h2-4,15H,1,5-6H2,(H,13,14). The summed E-state index contributed by atoms with van der Waals surface area (Å²) in [6, 6.07) is 3.51. The van der Waals surface area contributed by atoms with Crippen LogP contribution in [0.25, 0.3) is 6.08 Å². The van der Waals surface area contributed by atoms with Gasteiger partial charge in [-0.2, -0.15) is 0 Å². The van der Waals surface area contributed by atoms with Gasteiger partial charge in [0.1, 0.15) is 11.3 Å². The molecule has 0 unspecified atom stereocenters. The Morgan fingerprint density at radius 3 is 2.94 bits per heavy atom. The lowest BCUT2D eigenvalue weighted by Gasteiger charge is -2.22. The van der Waals surface area contributed by atoms with E-state index in [4.69, 9.17) is 9.76 Å². The Labute approximate surface area is 93.3 Å². The molecule has 1 aliphatic heterocycles. The van der Waals surface area contributed by atoms with Gasteiger partial charge in [-0.3, -0.25) is 0 Å². The maximum Gasteiger partial charge on any atom is 0.522 e. The Balaban J connectivity index is 2.62. The fourth-order valence-electron chi connectivity index (χ4n) is 1.84. The van der Waals surface area contributed by atoms with Crippen molar-refractivity contribution in [3.05, 3.63) is 35.4 Å². The molecule has 0 fully saturated rings. The normalized spacial score (nSPS) is 13.9. The Morgan fingerprint density at radius 2 is 2.31 bits per heavy atom. The molecule has 0 aliphatic carbocycles. The van der Waals surface area contributed by atoms with E-state index in [9.17, 15) is 9.82 Å². The summed E-state index contributed by atoms with van der Waals surface area (Å²) in [6.45, 7) is 3.56.